The second-order valence-electron chi connectivity index (χ2n) is 9.67. The van der Waals surface area contributed by atoms with E-state index in [1.54, 1.807) is 17.0 Å². The third kappa shape index (κ3) is 7.90. The molecule has 0 atom stereocenters. The number of oxime groups is 1. The Kier molecular flexibility index (Phi) is 8.56. The van der Waals surface area contributed by atoms with Crippen molar-refractivity contribution in [2.75, 3.05) is 19.7 Å². The average Bonchev–Trinajstić information content (AvgIpc) is 3.06. The molecule has 0 saturated heterocycles. The number of alkyl halides is 3. The first-order chi connectivity index (χ1) is 17.8. The van der Waals surface area contributed by atoms with Crippen molar-refractivity contribution in [1.82, 2.24) is 4.90 Å². The fourth-order valence-corrected chi connectivity index (χ4v) is 3.68. The van der Waals surface area contributed by atoms with Crippen molar-refractivity contribution in [2.45, 2.75) is 45.4 Å². The summed E-state index contributed by atoms with van der Waals surface area (Å²) in [5.41, 5.74) is 8.48. The Bertz CT molecular complexity index is 1280. The fraction of sp³-hybridized carbons (Fsp3) is 0.370. The molecule has 2 aromatic carbocycles. The van der Waals surface area contributed by atoms with Gasteiger partial charge in [0.25, 0.3) is 0 Å². The van der Waals surface area contributed by atoms with Crippen molar-refractivity contribution in [1.29, 1.82) is 5.26 Å². The number of halogens is 3. The van der Waals surface area contributed by atoms with E-state index in [0.717, 1.165) is 11.1 Å². The zero-order chi connectivity index (χ0) is 28.1. The van der Waals surface area contributed by atoms with Crippen LogP contribution in [0.5, 0.6) is 5.75 Å². The van der Waals surface area contributed by atoms with Gasteiger partial charge in [0.15, 0.2) is 18.2 Å². The van der Waals surface area contributed by atoms with E-state index in [9.17, 15) is 23.2 Å². The van der Waals surface area contributed by atoms with Crippen LogP contribution in [0, 0.1) is 11.3 Å². The van der Waals surface area contributed by atoms with Gasteiger partial charge in [0, 0.05) is 24.2 Å². The number of fused-ring (bicyclic) bond motifs is 1. The Morgan fingerprint density at radius 2 is 1.76 bits per heavy atom. The Morgan fingerprint density at radius 1 is 1.11 bits per heavy atom. The van der Waals surface area contributed by atoms with Crippen molar-refractivity contribution in [3.63, 3.8) is 0 Å². The quantitative estimate of drug-likeness (QED) is 0.240. The van der Waals surface area contributed by atoms with E-state index in [0.29, 0.717) is 37.1 Å². The van der Waals surface area contributed by atoms with E-state index in [2.05, 4.69) is 16.5 Å². The minimum absolute atomic E-state index is 0.0367. The number of ether oxygens (including phenoxy) is 2. The SMILES string of the molecule is C=C(O/N=C(\N)c1ccc2c(c1)CCN(C(=O)OC(C)(C)C)CC2)c1ccc(OCC(F)(F)F)c(C#N)c1. The van der Waals surface area contributed by atoms with Gasteiger partial charge in [0.1, 0.15) is 17.4 Å². The maximum atomic E-state index is 12.5. The summed E-state index contributed by atoms with van der Waals surface area (Å²) in [4.78, 5) is 19.5. The largest absolute Gasteiger partial charge is 0.483 e. The predicted octanol–water partition coefficient (Wildman–Crippen LogP) is 5.14. The standard InChI is InChI=1S/C27H29F3N4O4/c1-17(19-7-8-23(22(13-19)15-31)36-16-27(28,29)30)38-33-24(32)21-6-5-18-9-11-34(12-10-20(18)14-21)25(35)37-26(2,3)4/h5-8,13-14H,1,9-12,16H2,2-4H3,(H2,32,33). The number of carbonyl (C=O) groups is 1. The molecule has 0 spiro atoms. The molecule has 0 saturated carbocycles. The van der Waals surface area contributed by atoms with Crippen LogP contribution in [0.25, 0.3) is 5.76 Å². The van der Waals surface area contributed by atoms with E-state index >= 15 is 0 Å². The van der Waals surface area contributed by atoms with E-state index in [1.165, 1.54) is 18.2 Å². The Labute approximate surface area is 219 Å². The number of amides is 1. The van der Waals surface area contributed by atoms with Gasteiger partial charge in [0.05, 0.1) is 5.56 Å². The Balaban J connectivity index is 1.66. The number of nitriles is 1. The van der Waals surface area contributed by atoms with Crippen LogP contribution in [0.4, 0.5) is 18.0 Å². The number of amidine groups is 1. The molecule has 3 rings (SSSR count). The maximum Gasteiger partial charge on any atom is 0.422 e. The summed E-state index contributed by atoms with van der Waals surface area (Å²) in [5, 5.41) is 13.2. The van der Waals surface area contributed by atoms with Crippen LogP contribution in [0.15, 0.2) is 48.1 Å². The number of nitrogens with zero attached hydrogens (tertiary/aromatic N) is 3. The normalized spacial score (nSPS) is 14.1. The van der Waals surface area contributed by atoms with Gasteiger partial charge in [-0.25, -0.2) is 4.79 Å². The minimum Gasteiger partial charge on any atom is -0.483 e. The lowest BCUT2D eigenvalue weighted by atomic mass is 10.00. The summed E-state index contributed by atoms with van der Waals surface area (Å²) < 4.78 is 47.5. The molecule has 8 nitrogen and oxygen atoms in total. The number of rotatable bonds is 6. The molecular weight excluding hydrogens is 501 g/mol. The zero-order valence-electron chi connectivity index (χ0n) is 21.4. The van der Waals surface area contributed by atoms with Gasteiger partial charge in [0.2, 0.25) is 0 Å². The summed E-state index contributed by atoms with van der Waals surface area (Å²) in [7, 11) is 0. The van der Waals surface area contributed by atoms with Crippen molar-refractivity contribution >= 4 is 17.7 Å². The number of carbonyl (C=O) groups excluding carboxylic acids is 1. The maximum absolute atomic E-state index is 12.5. The Morgan fingerprint density at radius 3 is 2.39 bits per heavy atom. The van der Waals surface area contributed by atoms with Crippen molar-refractivity contribution in [3.05, 3.63) is 70.8 Å². The van der Waals surface area contributed by atoms with Gasteiger partial charge in [-0.2, -0.15) is 18.4 Å². The van der Waals surface area contributed by atoms with Crippen LogP contribution in [0.2, 0.25) is 0 Å². The first kappa shape index (κ1) is 28.4. The lowest BCUT2D eigenvalue weighted by Gasteiger charge is -2.26. The van der Waals surface area contributed by atoms with Crippen molar-refractivity contribution in [3.8, 4) is 11.8 Å². The molecule has 2 N–H and O–H groups in total. The van der Waals surface area contributed by atoms with Crippen LogP contribution >= 0.6 is 0 Å². The van der Waals surface area contributed by atoms with Gasteiger partial charge in [-0.05, 0) is 69.0 Å². The minimum atomic E-state index is -4.53. The van der Waals surface area contributed by atoms with Gasteiger partial charge in [-0.15, -0.1) is 0 Å². The second kappa shape index (κ2) is 11.5. The van der Waals surface area contributed by atoms with E-state index in [1.807, 2.05) is 32.9 Å². The molecule has 0 bridgehead atoms. The first-order valence-electron chi connectivity index (χ1n) is 11.8. The van der Waals surface area contributed by atoms with Gasteiger partial charge < -0.3 is 24.9 Å². The molecule has 202 valence electrons. The highest BCUT2D eigenvalue weighted by atomic mass is 19.4. The molecule has 1 aliphatic heterocycles. The molecule has 2 aromatic rings. The topological polar surface area (TPSA) is 110 Å². The molecule has 0 fully saturated rings. The third-order valence-corrected chi connectivity index (χ3v) is 5.52. The molecule has 1 aliphatic rings. The zero-order valence-corrected chi connectivity index (χ0v) is 21.4. The van der Waals surface area contributed by atoms with Crippen LogP contribution in [-0.2, 0) is 22.4 Å². The van der Waals surface area contributed by atoms with Gasteiger partial charge >= 0.3 is 12.3 Å². The molecule has 1 amide bonds. The third-order valence-electron chi connectivity index (χ3n) is 5.52. The van der Waals surface area contributed by atoms with Crippen LogP contribution in [0.1, 0.15) is 48.6 Å². The summed E-state index contributed by atoms with van der Waals surface area (Å²) in [6.45, 7) is 8.75. The van der Waals surface area contributed by atoms with Crippen molar-refractivity contribution in [2.24, 2.45) is 10.9 Å². The lowest BCUT2D eigenvalue weighted by molar-refractivity contribution is -0.153. The van der Waals surface area contributed by atoms with Gasteiger partial charge in [-0.3, -0.25) is 0 Å². The van der Waals surface area contributed by atoms with E-state index < -0.39 is 18.4 Å². The van der Waals surface area contributed by atoms with Crippen LogP contribution < -0.4 is 10.5 Å². The molecule has 0 unspecified atom stereocenters. The molecule has 0 aliphatic carbocycles. The number of nitrogens with two attached hydrogens (primary N) is 1. The number of benzene rings is 2. The number of hydrogen-bond donors (Lipinski definition) is 1. The molecular formula is C27H29F3N4O4. The van der Waals surface area contributed by atoms with Crippen LogP contribution in [0.3, 0.4) is 0 Å². The lowest BCUT2D eigenvalue weighted by Crippen LogP contribution is -2.38. The number of hydrogen-bond acceptors (Lipinski definition) is 6. The van der Waals surface area contributed by atoms with Crippen molar-refractivity contribution < 1.29 is 32.3 Å². The highest BCUT2D eigenvalue weighted by Gasteiger charge is 2.29. The first-order valence-corrected chi connectivity index (χ1v) is 11.8. The molecule has 1 heterocycles. The summed E-state index contributed by atoms with van der Waals surface area (Å²) in [6.07, 6.45) is -3.60. The van der Waals surface area contributed by atoms with Gasteiger partial charge in [-0.1, -0.05) is 23.9 Å². The highest BCUT2D eigenvalue weighted by molar-refractivity contribution is 5.97. The fourth-order valence-electron chi connectivity index (χ4n) is 3.68. The van der Waals surface area contributed by atoms with E-state index in [-0.39, 0.29) is 29.0 Å². The molecule has 0 aromatic heterocycles. The van der Waals surface area contributed by atoms with E-state index in [4.69, 9.17) is 15.3 Å². The summed E-state index contributed by atoms with van der Waals surface area (Å²) in [5.74, 6) is -0.0954. The summed E-state index contributed by atoms with van der Waals surface area (Å²) >= 11 is 0. The molecule has 0 radical (unpaired) electrons. The van der Waals surface area contributed by atoms with Crippen LogP contribution in [-0.4, -0.2) is 48.3 Å². The average molecular weight is 531 g/mol. The predicted molar refractivity (Wildman–Crippen MR) is 135 cm³/mol. The monoisotopic (exact) mass is 530 g/mol. The highest BCUT2D eigenvalue weighted by Crippen LogP contribution is 2.26. The summed E-state index contributed by atoms with van der Waals surface area (Å²) in [6, 6.07) is 11.3. The Hall–Kier alpha value is -4.20. The smallest absolute Gasteiger partial charge is 0.422 e. The second-order valence-corrected chi connectivity index (χ2v) is 9.67. The molecule has 11 heteroatoms. The molecule has 38 heavy (non-hydrogen) atoms.